The number of pyridine rings is 1. The number of carbonyl (C=O) groups is 2. The van der Waals surface area contributed by atoms with Crippen molar-refractivity contribution in [3.63, 3.8) is 0 Å². The van der Waals surface area contributed by atoms with Crippen LogP contribution < -0.4 is 30.5 Å². The Hall–Kier alpha value is -7.01. The number of amides is 2. The molecule has 78 heavy (non-hydrogen) atoms. The molecule has 5 aromatic rings. The molecule has 1 saturated carbocycles. The number of piperidine rings is 2. The minimum Gasteiger partial charge on any atom is -0.507 e. The molecule has 5 N–H and O–H groups in total. The number of nitriles is 1. The minimum atomic E-state index is -0.825. The van der Waals surface area contributed by atoms with Crippen molar-refractivity contribution in [3.05, 3.63) is 95.9 Å². The molecule has 2 bridgehead atoms. The molecule has 0 radical (unpaired) electrons. The quantitative estimate of drug-likeness (QED) is 0.0793. The molecule has 2 aromatic carbocycles. The zero-order valence-electron chi connectivity index (χ0n) is 45.1. The van der Waals surface area contributed by atoms with Gasteiger partial charge in [-0.1, -0.05) is 43.3 Å². The van der Waals surface area contributed by atoms with Crippen LogP contribution in [-0.2, 0) is 14.3 Å². The van der Waals surface area contributed by atoms with Gasteiger partial charge in [0.05, 0.1) is 47.4 Å². The highest BCUT2D eigenvalue weighted by Crippen LogP contribution is 2.41. The number of carbonyl (C=O) groups excluding carboxylic acids is 2. The van der Waals surface area contributed by atoms with E-state index in [0.29, 0.717) is 46.2 Å². The molecule has 6 aliphatic rings. The van der Waals surface area contributed by atoms with Gasteiger partial charge < -0.3 is 59.8 Å². The average Bonchev–Trinajstić information content (AvgIpc) is 4.22. The number of nitrogens with zero attached hydrogens (tertiary/aromatic N) is 10. The van der Waals surface area contributed by atoms with Gasteiger partial charge in [0.2, 0.25) is 17.7 Å². The molecule has 1 aliphatic carbocycles. The van der Waals surface area contributed by atoms with Gasteiger partial charge in [0.1, 0.15) is 23.8 Å². The normalized spacial score (nSPS) is 24.9. The largest absolute Gasteiger partial charge is 0.507 e. The smallest absolute Gasteiger partial charge is 0.243 e. The van der Waals surface area contributed by atoms with E-state index in [4.69, 9.17) is 19.7 Å². The highest BCUT2D eigenvalue weighted by Gasteiger charge is 2.44. The van der Waals surface area contributed by atoms with Crippen LogP contribution in [0.2, 0.25) is 0 Å². The van der Waals surface area contributed by atoms with Gasteiger partial charge in [-0.15, -0.1) is 10.2 Å². The molecule has 2 amide bonds. The molecule has 6 atom stereocenters. The number of benzene rings is 2. The third-order valence-electron chi connectivity index (χ3n) is 17.4. The number of nitrogens with two attached hydrogens (primary N) is 1. The van der Waals surface area contributed by atoms with Crippen LogP contribution in [0, 0.1) is 23.2 Å². The monoisotopic (exact) mass is 1060 g/mol. The molecule has 19 heteroatoms. The summed E-state index contributed by atoms with van der Waals surface area (Å²) in [6.45, 7) is 12.3. The number of phenolic OH excluding ortho intramolecular Hbond substituents is 1. The highest BCUT2D eigenvalue weighted by atomic mass is 16.5. The first-order valence-electron chi connectivity index (χ1n) is 28.3. The summed E-state index contributed by atoms with van der Waals surface area (Å²) in [6, 6.07) is 23.9. The van der Waals surface area contributed by atoms with Crippen LogP contribution in [0.5, 0.6) is 11.6 Å². The second-order valence-corrected chi connectivity index (χ2v) is 23.0. The van der Waals surface area contributed by atoms with E-state index < -0.39 is 18.1 Å². The van der Waals surface area contributed by atoms with Crippen LogP contribution in [0.15, 0.2) is 83.5 Å². The number of aliphatic hydroxyl groups is 1. The van der Waals surface area contributed by atoms with Gasteiger partial charge in [0.15, 0.2) is 17.4 Å². The lowest BCUT2D eigenvalue weighted by atomic mass is 9.91. The van der Waals surface area contributed by atoms with Gasteiger partial charge >= 0.3 is 0 Å². The predicted molar refractivity (Wildman–Crippen MR) is 295 cm³/mol. The van der Waals surface area contributed by atoms with Crippen molar-refractivity contribution in [2.24, 2.45) is 11.8 Å². The van der Waals surface area contributed by atoms with Gasteiger partial charge in [-0.25, -0.2) is 4.98 Å². The van der Waals surface area contributed by atoms with Crippen molar-refractivity contribution >= 4 is 34.8 Å². The maximum absolute atomic E-state index is 14.3. The number of nitrogen functional groups attached to an aromatic ring is 1. The van der Waals surface area contributed by atoms with Crippen molar-refractivity contribution in [1.29, 1.82) is 5.26 Å². The zero-order chi connectivity index (χ0) is 54.0. The molecule has 11 rings (SSSR count). The lowest BCUT2D eigenvalue weighted by Crippen LogP contribution is -2.48. The number of hydrogen-bond acceptors (Lipinski definition) is 17. The molecule has 19 nitrogen and oxygen atoms in total. The van der Waals surface area contributed by atoms with Crippen LogP contribution in [0.3, 0.4) is 0 Å². The molecule has 5 saturated heterocycles. The number of nitrogens with one attached hydrogen (secondary N) is 1. The third kappa shape index (κ3) is 11.6. The number of likely N-dealkylation sites (tertiary alicyclic amines) is 2. The molecule has 6 fully saturated rings. The number of ether oxygens (including phenoxy) is 2. The van der Waals surface area contributed by atoms with E-state index in [0.717, 1.165) is 126 Å². The van der Waals surface area contributed by atoms with Crippen molar-refractivity contribution in [2.45, 2.75) is 139 Å². The lowest BCUT2D eigenvalue weighted by Gasteiger charge is -2.41. The van der Waals surface area contributed by atoms with Gasteiger partial charge in [-0.3, -0.25) is 9.59 Å². The van der Waals surface area contributed by atoms with Gasteiger partial charge in [0.25, 0.3) is 0 Å². The Labute approximate surface area is 456 Å². The van der Waals surface area contributed by atoms with Gasteiger partial charge in [-0.2, -0.15) is 5.26 Å². The summed E-state index contributed by atoms with van der Waals surface area (Å²) in [6.07, 6.45) is 10.8. The number of fused-ring (bicyclic) bond motifs is 2. The van der Waals surface area contributed by atoms with E-state index in [9.17, 15) is 25.1 Å². The maximum Gasteiger partial charge on any atom is 0.243 e. The number of β-amino-alcohol motifs (C(OH)–C–C–N with tert-alkyl or cyclic N) is 1. The SMILES string of the molecule is CC(C)[C@@H](C(=O)N1C[C@H](O)C[C@H]1C(=O)N[C@@H](C)c1ccc(C#N)cc1)c1cc(N2CCC(CN3CCC(OC4CC(Oc5cc(N6C7CC[C@@H]6CN(c6cc(-c8ccccc8O)nnc6N)CC7)ccn5)C4)CC3)CC2)no1. The molecule has 8 heterocycles. The lowest BCUT2D eigenvalue weighted by molar-refractivity contribution is -0.141. The number of rotatable bonds is 16. The number of aromatic nitrogens is 4. The second kappa shape index (κ2) is 23.1. The van der Waals surface area contributed by atoms with E-state index in [1.165, 1.54) is 4.90 Å². The molecule has 5 aliphatic heterocycles. The molecular formula is C59H74N12O7. The zero-order valence-corrected chi connectivity index (χ0v) is 45.1. The fourth-order valence-corrected chi connectivity index (χ4v) is 12.9. The summed E-state index contributed by atoms with van der Waals surface area (Å²) in [5, 5.41) is 46.4. The van der Waals surface area contributed by atoms with E-state index in [1.807, 2.05) is 63.4 Å². The van der Waals surface area contributed by atoms with Crippen molar-refractivity contribution in [3.8, 4) is 29.0 Å². The summed E-state index contributed by atoms with van der Waals surface area (Å²) >= 11 is 0. The van der Waals surface area contributed by atoms with Crippen molar-refractivity contribution in [1.82, 2.24) is 35.5 Å². The summed E-state index contributed by atoms with van der Waals surface area (Å²) in [5.41, 5.74) is 11.0. The molecule has 412 valence electrons. The molecule has 1 unspecified atom stereocenters. The van der Waals surface area contributed by atoms with Gasteiger partial charge in [0, 0.05) is 113 Å². The van der Waals surface area contributed by atoms with E-state index in [-0.39, 0.29) is 66.8 Å². The Balaban J connectivity index is 0.604. The van der Waals surface area contributed by atoms with Crippen LogP contribution in [0.4, 0.5) is 23.0 Å². The summed E-state index contributed by atoms with van der Waals surface area (Å²) in [5.74, 6) is 1.59. The Bertz CT molecular complexity index is 2930. The first-order valence-corrected chi connectivity index (χ1v) is 28.3. The van der Waals surface area contributed by atoms with Crippen LogP contribution in [0.1, 0.15) is 114 Å². The summed E-state index contributed by atoms with van der Waals surface area (Å²) in [7, 11) is 0. The number of aliphatic hydroxyl groups excluding tert-OH is 1. The van der Waals surface area contributed by atoms with Crippen LogP contribution in [-0.4, -0.2) is 147 Å². The fourth-order valence-electron chi connectivity index (χ4n) is 12.9. The minimum absolute atomic E-state index is 0.0646. The Morgan fingerprint density at radius 2 is 1.60 bits per heavy atom. The molecule has 0 spiro atoms. The molecule has 3 aromatic heterocycles. The Morgan fingerprint density at radius 1 is 0.846 bits per heavy atom. The molecular weight excluding hydrogens is 989 g/mol. The fraction of sp³-hybridized carbons (Fsp3) is 0.542. The highest BCUT2D eigenvalue weighted by molar-refractivity contribution is 5.91. The second-order valence-electron chi connectivity index (χ2n) is 23.0. The van der Waals surface area contributed by atoms with E-state index in [1.54, 1.807) is 24.3 Å². The van der Waals surface area contributed by atoms with Crippen molar-refractivity contribution in [2.75, 3.05) is 72.8 Å². The predicted octanol–water partition coefficient (Wildman–Crippen LogP) is 6.82. The number of anilines is 4. The topological polar surface area (TPSA) is 236 Å². The van der Waals surface area contributed by atoms with Crippen LogP contribution >= 0.6 is 0 Å². The number of aromatic hydroxyl groups is 1. The maximum atomic E-state index is 14.3. The first-order chi connectivity index (χ1) is 37.8. The van der Waals surface area contributed by atoms with Crippen LogP contribution in [0.25, 0.3) is 11.3 Å². The number of phenols is 1. The summed E-state index contributed by atoms with van der Waals surface area (Å²) in [4.78, 5) is 43.8. The third-order valence-corrected chi connectivity index (χ3v) is 17.4. The van der Waals surface area contributed by atoms with Gasteiger partial charge in [-0.05, 0) is 106 Å². The number of hydrogen-bond donors (Lipinski definition) is 4. The summed E-state index contributed by atoms with van der Waals surface area (Å²) < 4.78 is 19.0. The number of para-hydroxylation sites is 1. The van der Waals surface area contributed by atoms with Crippen molar-refractivity contribution < 1.29 is 33.8 Å². The standard InChI is InChI=1S/C59H74N12O7/c1-36(2)56(59(75)70-35-44(72)27-51(70)58(74)63-37(3)40-10-8-38(32-60)9-11-40)53-31-54(66-78-53)68-23-15-39(16-24-68)33-67-21-18-45(19-22-67)76-46-28-47(29-46)77-55-26-42(14-20-62-55)71-41-12-13-43(71)34-69(25-17-41)50-30-49(64-65-57(50)61)48-6-4-5-7-52(48)73/h4-11,14,20,26,30-31,36-37,39,41,43-47,51,56,72-73H,12-13,15-19,21-25,27-29,33-35H2,1-3H3,(H2,61,65)(H,63,74)/t37-,41?,43+,44+,46?,47?,51-,56+/m0/s1. The first kappa shape index (κ1) is 53.0. The van der Waals surface area contributed by atoms with E-state index in [2.05, 4.69) is 63.5 Å². The average molecular weight is 1060 g/mol. The Morgan fingerprint density at radius 3 is 2.36 bits per heavy atom. The Kier molecular flexibility index (Phi) is 15.7. The van der Waals surface area contributed by atoms with E-state index >= 15 is 0 Å².